The van der Waals surface area contributed by atoms with Gasteiger partial charge in [-0.2, -0.15) is 0 Å². The first-order chi connectivity index (χ1) is 12.8. The molecule has 1 N–H and O–H groups in total. The summed E-state index contributed by atoms with van der Waals surface area (Å²) in [5, 5.41) is 5.11. The summed E-state index contributed by atoms with van der Waals surface area (Å²) >= 11 is 6.18. The molecule has 128 valence electrons. The Morgan fingerprint density at radius 1 is 0.769 bits per heavy atom. The summed E-state index contributed by atoms with van der Waals surface area (Å²) in [4.78, 5) is 9.49. The quantitative estimate of drug-likeness (QED) is 0.512. The summed E-state index contributed by atoms with van der Waals surface area (Å²) in [5.74, 6) is 1.61. The fourth-order valence-electron chi connectivity index (χ4n) is 2.92. The first-order valence-electron chi connectivity index (χ1n) is 8.56. The van der Waals surface area contributed by atoms with Crippen LogP contribution in [0.3, 0.4) is 0 Å². The number of fused-ring (bicyclic) bond motifs is 1. The molecule has 4 heteroatoms. The maximum atomic E-state index is 6.18. The van der Waals surface area contributed by atoms with Gasteiger partial charge in [-0.25, -0.2) is 9.97 Å². The Balaban J connectivity index is 1.69. The molecule has 0 aliphatic rings. The number of anilines is 1. The third-order valence-corrected chi connectivity index (χ3v) is 4.45. The van der Waals surface area contributed by atoms with Gasteiger partial charge in [-0.1, -0.05) is 72.3 Å². The molecule has 0 saturated heterocycles. The molecule has 0 fully saturated rings. The molecule has 0 radical (unpaired) electrons. The van der Waals surface area contributed by atoms with Crippen LogP contribution in [-0.2, 0) is 13.0 Å². The predicted octanol–water partition coefficient (Wildman–Crippen LogP) is 5.49. The number of rotatable bonds is 5. The molecule has 4 rings (SSSR count). The monoisotopic (exact) mass is 359 g/mol. The lowest BCUT2D eigenvalue weighted by Crippen LogP contribution is -2.06. The van der Waals surface area contributed by atoms with Crippen LogP contribution in [0.1, 0.15) is 17.0 Å². The lowest BCUT2D eigenvalue weighted by molar-refractivity contribution is 0.981. The Labute approximate surface area is 157 Å². The summed E-state index contributed by atoms with van der Waals surface area (Å²) in [5.41, 5.74) is 3.25. The van der Waals surface area contributed by atoms with E-state index >= 15 is 0 Å². The molecule has 1 heterocycles. The highest BCUT2D eigenvalue weighted by atomic mass is 35.5. The van der Waals surface area contributed by atoms with Crippen molar-refractivity contribution in [1.29, 1.82) is 0 Å². The summed E-state index contributed by atoms with van der Waals surface area (Å²) in [7, 11) is 0. The fourth-order valence-corrected chi connectivity index (χ4v) is 3.09. The molecular weight excluding hydrogens is 342 g/mol. The van der Waals surface area contributed by atoms with Gasteiger partial charge in [0.2, 0.25) is 0 Å². The summed E-state index contributed by atoms with van der Waals surface area (Å²) in [6.07, 6.45) is 0.684. The van der Waals surface area contributed by atoms with Gasteiger partial charge in [0, 0.05) is 23.4 Å². The summed E-state index contributed by atoms with van der Waals surface area (Å²) in [6, 6.07) is 26.3. The highest BCUT2D eigenvalue weighted by molar-refractivity contribution is 6.31. The van der Waals surface area contributed by atoms with Crippen LogP contribution in [0.25, 0.3) is 10.9 Å². The molecule has 3 aromatic carbocycles. The standard InChI is InChI=1S/C22H18ClN3/c23-18-11-12-19-20(14-18)25-21(13-16-7-3-1-4-8-16)26-22(19)24-15-17-9-5-2-6-10-17/h1-12,14H,13,15H2,(H,24,25,26). The number of aromatic nitrogens is 2. The molecule has 26 heavy (non-hydrogen) atoms. The van der Waals surface area contributed by atoms with Gasteiger partial charge in [0.25, 0.3) is 0 Å². The van der Waals surface area contributed by atoms with E-state index in [4.69, 9.17) is 21.6 Å². The van der Waals surface area contributed by atoms with Crippen LogP contribution >= 0.6 is 11.6 Å². The number of benzene rings is 3. The summed E-state index contributed by atoms with van der Waals surface area (Å²) in [6.45, 7) is 0.709. The van der Waals surface area contributed by atoms with Crippen molar-refractivity contribution in [1.82, 2.24) is 9.97 Å². The zero-order valence-electron chi connectivity index (χ0n) is 14.2. The fraction of sp³-hybridized carbons (Fsp3) is 0.0909. The average molecular weight is 360 g/mol. The van der Waals surface area contributed by atoms with E-state index in [0.29, 0.717) is 18.0 Å². The van der Waals surface area contributed by atoms with Crippen molar-refractivity contribution in [3.8, 4) is 0 Å². The SMILES string of the molecule is Clc1ccc2c(NCc3ccccc3)nc(Cc3ccccc3)nc2c1. The van der Waals surface area contributed by atoms with Crippen LogP contribution in [-0.4, -0.2) is 9.97 Å². The third kappa shape index (κ3) is 3.84. The van der Waals surface area contributed by atoms with Crippen molar-refractivity contribution in [2.75, 3.05) is 5.32 Å². The number of nitrogens with one attached hydrogen (secondary N) is 1. The molecule has 0 amide bonds. The smallest absolute Gasteiger partial charge is 0.137 e. The average Bonchev–Trinajstić information content (AvgIpc) is 2.67. The van der Waals surface area contributed by atoms with Crippen molar-refractivity contribution >= 4 is 28.3 Å². The van der Waals surface area contributed by atoms with E-state index in [2.05, 4.69) is 29.6 Å². The maximum absolute atomic E-state index is 6.18. The van der Waals surface area contributed by atoms with Crippen LogP contribution in [0.2, 0.25) is 5.02 Å². The Morgan fingerprint density at radius 2 is 1.46 bits per heavy atom. The van der Waals surface area contributed by atoms with Gasteiger partial charge in [0.1, 0.15) is 11.6 Å². The van der Waals surface area contributed by atoms with Crippen molar-refractivity contribution in [3.63, 3.8) is 0 Å². The highest BCUT2D eigenvalue weighted by Crippen LogP contribution is 2.25. The Hall–Kier alpha value is -2.91. The molecule has 0 aliphatic carbocycles. The molecule has 0 bridgehead atoms. The Kier molecular flexibility index (Phi) is 4.80. The van der Waals surface area contributed by atoms with E-state index in [-0.39, 0.29) is 0 Å². The molecule has 3 nitrogen and oxygen atoms in total. The van der Waals surface area contributed by atoms with Crippen molar-refractivity contribution in [2.45, 2.75) is 13.0 Å². The van der Waals surface area contributed by atoms with E-state index in [1.807, 2.05) is 54.6 Å². The molecule has 4 aromatic rings. The minimum absolute atomic E-state index is 0.677. The van der Waals surface area contributed by atoms with Gasteiger partial charge in [-0.15, -0.1) is 0 Å². The van der Waals surface area contributed by atoms with Crippen molar-refractivity contribution < 1.29 is 0 Å². The van der Waals surface area contributed by atoms with Crippen LogP contribution in [0, 0.1) is 0 Å². The van der Waals surface area contributed by atoms with Crippen LogP contribution in [0.15, 0.2) is 78.9 Å². The number of halogens is 1. The maximum Gasteiger partial charge on any atom is 0.137 e. The van der Waals surface area contributed by atoms with Crippen LogP contribution in [0.5, 0.6) is 0 Å². The minimum Gasteiger partial charge on any atom is -0.365 e. The van der Waals surface area contributed by atoms with Gasteiger partial charge in [-0.05, 0) is 29.3 Å². The van der Waals surface area contributed by atoms with Gasteiger partial charge in [0.05, 0.1) is 5.52 Å². The topological polar surface area (TPSA) is 37.8 Å². The van der Waals surface area contributed by atoms with Gasteiger partial charge in [0.15, 0.2) is 0 Å². The zero-order valence-corrected chi connectivity index (χ0v) is 14.9. The van der Waals surface area contributed by atoms with Crippen LogP contribution in [0.4, 0.5) is 5.82 Å². The van der Waals surface area contributed by atoms with E-state index in [1.165, 1.54) is 11.1 Å². The minimum atomic E-state index is 0.677. The molecule has 0 unspecified atom stereocenters. The highest BCUT2D eigenvalue weighted by Gasteiger charge is 2.09. The Bertz CT molecular complexity index is 1020. The van der Waals surface area contributed by atoms with Crippen molar-refractivity contribution in [2.24, 2.45) is 0 Å². The zero-order chi connectivity index (χ0) is 17.8. The first kappa shape index (κ1) is 16.6. The van der Waals surface area contributed by atoms with Gasteiger partial charge >= 0.3 is 0 Å². The molecular formula is C22H18ClN3. The van der Waals surface area contributed by atoms with E-state index in [9.17, 15) is 0 Å². The van der Waals surface area contributed by atoms with Gasteiger partial charge < -0.3 is 5.32 Å². The van der Waals surface area contributed by atoms with Crippen molar-refractivity contribution in [3.05, 3.63) is 101 Å². The lowest BCUT2D eigenvalue weighted by Gasteiger charge is -2.11. The molecule has 1 aromatic heterocycles. The van der Waals surface area contributed by atoms with E-state index in [0.717, 1.165) is 22.5 Å². The lowest BCUT2D eigenvalue weighted by atomic mass is 10.1. The Morgan fingerprint density at radius 3 is 2.19 bits per heavy atom. The molecule has 0 saturated carbocycles. The number of nitrogens with zero attached hydrogens (tertiary/aromatic N) is 2. The van der Waals surface area contributed by atoms with Gasteiger partial charge in [-0.3, -0.25) is 0 Å². The second-order valence-electron chi connectivity index (χ2n) is 6.15. The number of hydrogen-bond acceptors (Lipinski definition) is 3. The molecule has 0 atom stereocenters. The molecule has 0 aliphatic heterocycles. The second kappa shape index (κ2) is 7.54. The van der Waals surface area contributed by atoms with Crippen LogP contribution < -0.4 is 5.32 Å². The second-order valence-corrected chi connectivity index (χ2v) is 6.59. The van der Waals surface area contributed by atoms with E-state index < -0.39 is 0 Å². The third-order valence-electron chi connectivity index (χ3n) is 4.21. The summed E-state index contributed by atoms with van der Waals surface area (Å²) < 4.78 is 0. The number of hydrogen-bond donors (Lipinski definition) is 1. The molecule has 0 spiro atoms. The largest absolute Gasteiger partial charge is 0.365 e. The van der Waals surface area contributed by atoms with E-state index in [1.54, 1.807) is 0 Å². The normalized spacial score (nSPS) is 10.8. The first-order valence-corrected chi connectivity index (χ1v) is 8.93. The predicted molar refractivity (Wildman–Crippen MR) is 108 cm³/mol.